The van der Waals surface area contributed by atoms with Gasteiger partial charge in [0, 0.05) is 49.7 Å². The van der Waals surface area contributed by atoms with Gasteiger partial charge in [0.2, 0.25) is 5.91 Å². The quantitative estimate of drug-likeness (QED) is 0.850. The fraction of sp³-hybridized carbons (Fsp3) is 0.350. The molecule has 1 amide bonds. The number of para-hydroxylation sites is 1. The van der Waals surface area contributed by atoms with Gasteiger partial charge in [-0.25, -0.2) is 0 Å². The third-order valence-corrected chi connectivity index (χ3v) is 4.78. The van der Waals surface area contributed by atoms with Crippen molar-refractivity contribution in [3.8, 4) is 0 Å². The predicted octanol–water partition coefficient (Wildman–Crippen LogP) is 2.54. The molecule has 1 aliphatic heterocycles. The number of benzene rings is 2. The monoisotopic (exact) mass is 338 g/mol. The van der Waals surface area contributed by atoms with Crippen LogP contribution in [0.4, 0.5) is 11.4 Å². The molecule has 0 bridgehead atoms. The number of amides is 1. The molecule has 1 fully saturated rings. The van der Waals surface area contributed by atoms with Crippen molar-refractivity contribution in [2.75, 3.05) is 42.9 Å². The maximum absolute atomic E-state index is 11.3. The Morgan fingerprint density at radius 2 is 1.84 bits per heavy atom. The molecule has 2 aromatic carbocycles. The zero-order valence-electron chi connectivity index (χ0n) is 14.7. The first kappa shape index (κ1) is 17.3. The first-order valence-corrected chi connectivity index (χ1v) is 8.86. The second-order valence-corrected chi connectivity index (χ2v) is 6.35. The number of nitrogens with one attached hydrogen (secondary N) is 1. The van der Waals surface area contributed by atoms with Crippen LogP contribution in [0.3, 0.4) is 0 Å². The lowest BCUT2D eigenvalue weighted by Crippen LogP contribution is -2.46. The van der Waals surface area contributed by atoms with Crippen LogP contribution >= 0.6 is 0 Å². The summed E-state index contributed by atoms with van der Waals surface area (Å²) in [5, 5.41) is 3.41. The molecular weight excluding hydrogens is 312 g/mol. The topological polar surface area (TPSA) is 61.6 Å². The third kappa shape index (κ3) is 4.31. The van der Waals surface area contributed by atoms with Gasteiger partial charge in [-0.15, -0.1) is 0 Å². The van der Waals surface area contributed by atoms with E-state index in [-0.39, 0.29) is 0 Å². The minimum absolute atomic E-state index is 0.405. The second kappa shape index (κ2) is 8.03. The molecule has 5 heteroatoms. The summed E-state index contributed by atoms with van der Waals surface area (Å²) in [4.78, 5) is 16.3. The summed E-state index contributed by atoms with van der Waals surface area (Å²) in [5.74, 6) is -0.405. The molecule has 0 radical (unpaired) electrons. The molecule has 1 heterocycles. The number of anilines is 2. The minimum Gasteiger partial charge on any atom is -0.381 e. The van der Waals surface area contributed by atoms with Crippen LogP contribution < -0.4 is 16.0 Å². The zero-order chi connectivity index (χ0) is 17.6. The number of piperazine rings is 1. The maximum atomic E-state index is 11.3. The van der Waals surface area contributed by atoms with Gasteiger partial charge in [0.05, 0.1) is 0 Å². The molecule has 3 rings (SSSR count). The molecule has 0 aliphatic carbocycles. The molecule has 0 aromatic heterocycles. The van der Waals surface area contributed by atoms with Gasteiger partial charge in [0.1, 0.15) is 0 Å². The summed E-state index contributed by atoms with van der Waals surface area (Å²) in [7, 11) is 0. The Kier molecular flexibility index (Phi) is 5.56. The molecule has 0 atom stereocenters. The van der Waals surface area contributed by atoms with Crippen molar-refractivity contribution in [3.05, 3.63) is 59.7 Å². The van der Waals surface area contributed by atoms with E-state index in [0.29, 0.717) is 12.1 Å². The van der Waals surface area contributed by atoms with Gasteiger partial charge < -0.3 is 20.9 Å². The van der Waals surface area contributed by atoms with Crippen molar-refractivity contribution in [1.29, 1.82) is 0 Å². The first-order valence-electron chi connectivity index (χ1n) is 8.86. The van der Waals surface area contributed by atoms with Crippen molar-refractivity contribution >= 4 is 17.3 Å². The van der Waals surface area contributed by atoms with E-state index in [4.69, 9.17) is 5.73 Å². The lowest BCUT2D eigenvalue weighted by molar-refractivity contribution is 0.100. The summed E-state index contributed by atoms with van der Waals surface area (Å²) in [5.41, 5.74) is 9.33. The molecule has 0 saturated carbocycles. The van der Waals surface area contributed by atoms with Crippen molar-refractivity contribution in [1.82, 2.24) is 4.90 Å². The van der Waals surface area contributed by atoms with Crippen molar-refractivity contribution in [2.24, 2.45) is 5.73 Å². The smallest absolute Gasteiger partial charge is 0.248 e. The standard InChI is InChI=1S/C20H26N4O/c1-2-23-10-12-24(13-11-23)19-9-4-3-6-17(19)15-22-18-8-5-7-16(14-18)20(21)25/h3-9,14,22H,2,10-13,15H2,1H3,(H2,21,25). The van der Waals surface area contributed by atoms with Gasteiger partial charge >= 0.3 is 0 Å². The Bertz CT molecular complexity index is 723. The van der Waals surface area contributed by atoms with E-state index >= 15 is 0 Å². The van der Waals surface area contributed by atoms with Crippen LogP contribution in [0.5, 0.6) is 0 Å². The molecule has 1 aliphatic rings. The molecule has 0 unspecified atom stereocenters. The van der Waals surface area contributed by atoms with Gasteiger partial charge in [0.15, 0.2) is 0 Å². The number of likely N-dealkylation sites (N-methyl/N-ethyl adjacent to an activating group) is 1. The first-order chi connectivity index (χ1) is 12.2. The highest BCUT2D eigenvalue weighted by Crippen LogP contribution is 2.23. The van der Waals surface area contributed by atoms with Gasteiger partial charge in [-0.05, 0) is 36.4 Å². The van der Waals surface area contributed by atoms with Crippen LogP contribution in [-0.2, 0) is 6.54 Å². The Hall–Kier alpha value is -2.53. The zero-order valence-corrected chi connectivity index (χ0v) is 14.7. The summed E-state index contributed by atoms with van der Waals surface area (Å²) < 4.78 is 0. The van der Waals surface area contributed by atoms with Crippen LogP contribution in [0.1, 0.15) is 22.8 Å². The van der Waals surface area contributed by atoms with Crippen LogP contribution in [0.25, 0.3) is 0 Å². The number of hydrogen-bond donors (Lipinski definition) is 2. The summed E-state index contributed by atoms with van der Waals surface area (Å²) in [6.45, 7) is 8.38. The Morgan fingerprint density at radius 3 is 2.56 bits per heavy atom. The van der Waals surface area contributed by atoms with Crippen LogP contribution in [0, 0.1) is 0 Å². The maximum Gasteiger partial charge on any atom is 0.248 e. The van der Waals surface area contributed by atoms with Gasteiger partial charge in [-0.1, -0.05) is 31.2 Å². The highest BCUT2D eigenvalue weighted by atomic mass is 16.1. The number of hydrogen-bond acceptors (Lipinski definition) is 4. The number of carbonyl (C=O) groups excluding carboxylic acids is 1. The van der Waals surface area contributed by atoms with Crippen molar-refractivity contribution < 1.29 is 4.79 Å². The fourth-order valence-electron chi connectivity index (χ4n) is 3.25. The van der Waals surface area contributed by atoms with Crippen LogP contribution in [-0.4, -0.2) is 43.5 Å². The SMILES string of the molecule is CCN1CCN(c2ccccc2CNc2cccc(C(N)=O)c2)CC1. The molecule has 5 nitrogen and oxygen atoms in total. The summed E-state index contributed by atoms with van der Waals surface area (Å²) >= 11 is 0. The highest BCUT2D eigenvalue weighted by molar-refractivity contribution is 5.93. The third-order valence-electron chi connectivity index (χ3n) is 4.78. The Labute approximate surface area is 149 Å². The van der Waals surface area contributed by atoms with E-state index in [1.165, 1.54) is 11.3 Å². The summed E-state index contributed by atoms with van der Waals surface area (Å²) in [6.07, 6.45) is 0. The van der Waals surface area contributed by atoms with E-state index in [9.17, 15) is 4.79 Å². The number of nitrogens with two attached hydrogens (primary N) is 1. The van der Waals surface area contributed by atoms with E-state index < -0.39 is 5.91 Å². The Morgan fingerprint density at radius 1 is 1.08 bits per heavy atom. The fourth-order valence-corrected chi connectivity index (χ4v) is 3.25. The van der Waals surface area contributed by atoms with Gasteiger partial charge in [-0.2, -0.15) is 0 Å². The average Bonchev–Trinajstić information content (AvgIpc) is 2.67. The van der Waals surface area contributed by atoms with Crippen molar-refractivity contribution in [3.63, 3.8) is 0 Å². The number of carbonyl (C=O) groups is 1. The van der Waals surface area contributed by atoms with Crippen molar-refractivity contribution in [2.45, 2.75) is 13.5 Å². The lowest BCUT2D eigenvalue weighted by Gasteiger charge is -2.36. The largest absolute Gasteiger partial charge is 0.381 e. The van der Waals surface area contributed by atoms with E-state index in [2.05, 4.69) is 46.3 Å². The van der Waals surface area contributed by atoms with E-state index in [1.807, 2.05) is 12.1 Å². The second-order valence-electron chi connectivity index (χ2n) is 6.35. The van der Waals surface area contributed by atoms with E-state index in [0.717, 1.165) is 38.4 Å². The molecule has 2 aromatic rings. The molecular formula is C20H26N4O. The Balaban J connectivity index is 1.69. The van der Waals surface area contributed by atoms with E-state index in [1.54, 1.807) is 12.1 Å². The molecule has 3 N–H and O–H groups in total. The number of nitrogens with zero attached hydrogens (tertiary/aromatic N) is 2. The highest BCUT2D eigenvalue weighted by Gasteiger charge is 2.17. The normalized spacial score (nSPS) is 15.2. The summed E-state index contributed by atoms with van der Waals surface area (Å²) in [6, 6.07) is 15.8. The molecule has 0 spiro atoms. The van der Waals surface area contributed by atoms with Crippen LogP contribution in [0.15, 0.2) is 48.5 Å². The van der Waals surface area contributed by atoms with Gasteiger partial charge in [-0.3, -0.25) is 4.79 Å². The minimum atomic E-state index is -0.405. The van der Waals surface area contributed by atoms with Crippen LogP contribution in [0.2, 0.25) is 0 Å². The average molecular weight is 338 g/mol. The lowest BCUT2D eigenvalue weighted by atomic mass is 10.1. The van der Waals surface area contributed by atoms with Gasteiger partial charge in [0.25, 0.3) is 0 Å². The molecule has 25 heavy (non-hydrogen) atoms. The predicted molar refractivity (Wildman–Crippen MR) is 103 cm³/mol. The molecule has 1 saturated heterocycles. The number of rotatable bonds is 6. The number of primary amides is 1. The molecule has 132 valence electrons.